The summed E-state index contributed by atoms with van der Waals surface area (Å²) >= 11 is 0. The van der Waals surface area contributed by atoms with Gasteiger partial charge in [-0.05, 0) is 0 Å². The van der Waals surface area contributed by atoms with Gasteiger partial charge in [-0.2, -0.15) is 5.10 Å². The van der Waals surface area contributed by atoms with Crippen LogP contribution in [0.2, 0.25) is 0 Å². The van der Waals surface area contributed by atoms with Crippen molar-refractivity contribution >= 4 is 0 Å². The van der Waals surface area contributed by atoms with E-state index in [0.717, 1.165) is 37.6 Å². The molecule has 1 aliphatic heterocycles. The van der Waals surface area contributed by atoms with E-state index in [4.69, 9.17) is 0 Å². The van der Waals surface area contributed by atoms with Gasteiger partial charge in [0.1, 0.15) is 5.82 Å². The highest BCUT2D eigenvalue weighted by Crippen LogP contribution is 2.13. The zero-order valence-electron chi connectivity index (χ0n) is 8.25. The molecule has 13 heavy (non-hydrogen) atoms. The van der Waals surface area contributed by atoms with Crippen LogP contribution in [0.25, 0.3) is 0 Å². The van der Waals surface area contributed by atoms with Crippen molar-refractivity contribution in [2.75, 3.05) is 13.1 Å². The molecule has 1 fully saturated rings. The summed E-state index contributed by atoms with van der Waals surface area (Å²) in [5, 5.41) is 7.74. The van der Waals surface area contributed by atoms with E-state index in [1.54, 1.807) is 0 Å². The van der Waals surface area contributed by atoms with Gasteiger partial charge < -0.3 is 5.32 Å². The first-order valence-electron chi connectivity index (χ1n) is 5.00. The first-order valence-corrected chi connectivity index (χ1v) is 5.00. The lowest BCUT2D eigenvalue weighted by Gasteiger charge is -2.28. The second-order valence-corrected chi connectivity index (χ2v) is 3.41. The highest BCUT2D eigenvalue weighted by Gasteiger charge is 2.22. The standard InChI is InChI=1S/C9H16N4/c1-3-8-11-9(4-2)13(12-8)7-5-10-6-7/h7,10H,3-6H2,1-2H3. The summed E-state index contributed by atoms with van der Waals surface area (Å²) in [7, 11) is 0. The zero-order valence-corrected chi connectivity index (χ0v) is 8.25. The summed E-state index contributed by atoms with van der Waals surface area (Å²) in [5.74, 6) is 2.10. The third-order valence-electron chi connectivity index (χ3n) is 2.48. The largest absolute Gasteiger partial charge is 0.312 e. The Hall–Kier alpha value is -0.900. The summed E-state index contributed by atoms with van der Waals surface area (Å²) in [6.07, 6.45) is 1.91. The molecule has 0 radical (unpaired) electrons. The third-order valence-corrected chi connectivity index (χ3v) is 2.48. The normalized spacial score (nSPS) is 17.4. The number of aryl methyl sites for hydroxylation is 2. The fourth-order valence-electron chi connectivity index (χ4n) is 1.53. The van der Waals surface area contributed by atoms with Crippen LogP contribution in [0.5, 0.6) is 0 Å². The van der Waals surface area contributed by atoms with Crippen LogP contribution in [-0.4, -0.2) is 27.9 Å². The van der Waals surface area contributed by atoms with E-state index in [9.17, 15) is 0 Å². The van der Waals surface area contributed by atoms with Crippen LogP contribution in [0, 0.1) is 0 Å². The molecular formula is C9H16N4. The van der Waals surface area contributed by atoms with Gasteiger partial charge in [0.25, 0.3) is 0 Å². The van der Waals surface area contributed by atoms with Gasteiger partial charge in [-0.3, -0.25) is 0 Å². The molecule has 72 valence electrons. The highest BCUT2D eigenvalue weighted by atomic mass is 15.4. The number of aromatic nitrogens is 3. The van der Waals surface area contributed by atoms with Crippen molar-refractivity contribution in [3.05, 3.63) is 11.6 Å². The third kappa shape index (κ3) is 1.46. The Balaban J connectivity index is 2.25. The van der Waals surface area contributed by atoms with Crippen LogP contribution in [-0.2, 0) is 12.8 Å². The molecule has 4 heteroatoms. The predicted molar refractivity (Wildman–Crippen MR) is 50.7 cm³/mol. The molecule has 0 aromatic carbocycles. The molecule has 1 saturated heterocycles. The van der Waals surface area contributed by atoms with Gasteiger partial charge in [-0.25, -0.2) is 9.67 Å². The minimum absolute atomic E-state index is 0.544. The van der Waals surface area contributed by atoms with Gasteiger partial charge in [0.05, 0.1) is 6.04 Å². The second kappa shape index (κ2) is 3.46. The first-order chi connectivity index (χ1) is 6.35. The van der Waals surface area contributed by atoms with Gasteiger partial charge in [0.2, 0.25) is 0 Å². The number of hydrogen-bond donors (Lipinski definition) is 1. The quantitative estimate of drug-likeness (QED) is 0.738. The molecule has 0 amide bonds. The van der Waals surface area contributed by atoms with Crippen molar-refractivity contribution in [2.45, 2.75) is 32.7 Å². The fraction of sp³-hybridized carbons (Fsp3) is 0.778. The monoisotopic (exact) mass is 180 g/mol. The minimum Gasteiger partial charge on any atom is -0.312 e. The predicted octanol–water partition coefficient (Wildman–Crippen LogP) is 0.547. The van der Waals surface area contributed by atoms with E-state index in [-0.39, 0.29) is 0 Å². The Labute approximate surface area is 78.4 Å². The van der Waals surface area contributed by atoms with Crippen LogP contribution in [0.1, 0.15) is 31.5 Å². The van der Waals surface area contributed by atoms with Crippen LogP contribution in [0.15, 0.2) is 0 Å². The Kier molecular flexibility index (Phi) is 2.31. The smallest absolute Gasteiger partial charge is 0.150 e. The maximum Gasteiger partial charge on any atom is 0.150 e. The molecule has 2 rings (SSSR count). The van der Waals surface area contributed by atoms with Gasteiger partial charge in [-0.1, -0.05) is 13.8 Å². The Morgan fingerprint density at radius 3 is 2.62 bits per heavy atom. The Morgan fingerprint density at radius 2 is 2.15 bits per heavy atom. The van der Waals surface area contributed by atoms with E-state index in [0.29, 0.717) is 6.04 Å². The van der Waals surface area contributed by atoms with Crippen LogP contribution in [0.3, 0.4) is 0 Å². The van der Waals surface area contributed by atoms with E-state index in [2.05, 4.69) is 33.9 Å². The molecule has 2 heterocycles. The molecule has 0 atom stereocenters. The molecule has 1 N–H and O–H groups in total. The number of nitrogens with zero attached hydrogens (tertiary/aromatic N) is 3. The summed E-state index contributed by atoms with van der Waals surface area (Å²) < 4.78 is 2.09. The van der Waals surface area contributed by atoms with E-state index in [1.165, 1.54) is 0 Å². The summed E-state index contributed by atoms with van der Waals surface area (Å²) in [4.78, 5) is 4.47. The number of nitrogens with one attached hydrogen (secondary N) is 1. The Bertz CT molecular complexity index is 288. The van der Waals surface area contributed by atoms with E-state index < -0.39 is 0 Å². The number of rotatable bonds is 3. The van der Waals surface area contributed by atoms with Crippen molar-refractivity contribution in [1.82, 2.24) is 20.1 Å². The fourth-order valence-corrected chi connectivity index (χ4v) is 1.53. The lowest BCUT2D eigenvalue weighted by Crippen LogP contribution is -2.44. The molecule has 1 aromatic rings. The molecule has 0 bridgehead atoms. The Morgan fingerprint density at radius 1 is 1.38 bits per heavy atom. The molecule has 0 saturated carbocycles. The van der Waals surface area contributed by atoms with Crippen LogP contribution < -0.4 is 5.32 Å². The average Bonchev–Trinajstić information content (AvgIpc) is 2.45. The second-order valence-electron chi connectivity index (χ2n) is 3.41. The number of hydrogen-bond acceptors (Lipinski definition) is 3. The van der Waals surface area contributed by atoms with Gasteiger partial charge in [-0.15, -0.1) is 0 Å². The molecule has 1 aromatic heterocycles. The van der Waals surface area contributed by atoms with Crippen LogP contribution >= 0.6 is 0 Å². The molecular weight excluding hydrogens is 164 g/mol. The summed E-state index contributed by atoms with van der Waals surface area (Å²) in [6, 6.07) is 0.544. The lowest BCUT2D eigenvalue weighted by molar-refractivity contribution is 0.309. The van der Waals surface area contributed by atoms with E-state index in [1.807, 2.05) is 0 Å². The minimum atomic E-state index is 0.544. The lowest BCUT2D eigenvalue weighted by atomic mass is 10.2. The van der Waals surface area contributed by atoms with Crippen molar-refractivity contribution in [1.29, 1.82) is 0 Å². The van der Waals surface area contributed by atoms with E-state index >= 15 is 0 Å². The first kappa shape index (κ1) is 8.69. The SMILES string of the molecule is CCc1nc(CC)n(C2CNC2)n1. The zero-order chi connectivity index (χ0) is 9.26. The molecule has 0 aliphatic carbocycles. The molecule has 1 aliphatic rings. The van der Waals surface area contributed by atoms with Gasteiger partial charge >= 0.3 is 0 Å². The molecule has 4 nitrogen and oxygen atoms in total. The van der Waals surface area contributed by atoms with Crippen molar-refractivity contribution in [3.8, 4) is 0 Å². The van der Waals surface area contributed by atoms with Gasteiger partial charge in [0, 0.05) is 25.9 Å². The van der Waals surface area contributed by atoms with Crippen molar-refractivity contribution in [2.24, 2.45) is 0 Å². The maximum absolute atomic E-state index is 4.49. The maximum atomic E-state index is 4.49. The topological polar surface area (TPSA) is 42.7 Å². The average molecular weight is 180 g/mol. The summed E-state index contributed by atoms with van der Waals surface area (Å²) in [6.45, 7) is 6.31. The molecule has 0 unspecified atom stereocenters. The van der Waals surface area contributed by atoms with Crippen molar-refractivity contribution < 1.29 is 0 Å². The van der Waals surface area contributed by atoms with Gasteiger partial charge in [0.15, 0.2) is 5.82 Å². The highest BCUT2D eigenvalue weighted by molar-refractivity contribution is 4.97. The van der Waals surface area contributed by atoms with Crippen LogP contribution in [0.4, 0.5) is 0 Å². The molecule has 0 spiro atoms. The summed E-state index contributed by atoms with van der Waals surface area (Å²) in [5.41, 5.74) is 0. The van der Waals surface area contributed by atoms with Crippen molar-refractivity contribution in [3.63, 3.8) is 0 Å².